The fourth-order valence-corrected chi connectivity index (χ4v) is 6.79. The van der Waals surface area contributed by atoms with Gasteiger partial charge >= 0.3 is 0 Å². The molecule has 0 radical (unpaired) electrons. The van der Waals surface area contributed by atoms with Crippen molar-refractivity contribution in [2.45, 2.75) is 47.5 Å². The van der Waals surface area contributed by atoms with Gasteiger partial charge in [-0.2, -0.15) is 0 Å². The van der Waals surface area contributed by atoms with Gasteiger partial charge in [0.15, 0.2) is 0 Å². The maximum Gasteiger partial charge on any atom is 0.0606 e. The molecule has 45 heavy (non-hydrogen) atoms. The van der Waals surface area contributed by atoms with E-state index in [0.29, 0.717) is 0 Å². The third-order valence-corrected chi connectivity index (χ3v) is 9.05. The highest BCUT2D eigenvalue weighted by Gasteiger charge is 2.24. The number of rotatable bonds is 12. The monoisotopic (exact) mass is 623 g/mol. The van der Waals surface area contributed by atoms with Gasteiger partial charge in [-0.1, -0.05) is 72.8 Å². The fraction of sp³-hybridized carbons (Fsp3) is 0.350. The van der Waals surface area contributed by atoms with E-state index in [9.17, 15) is 0 Å². The van der Waals surface area contributed by atoms with Gasteiger partial charge in [0.05, 0.1) is 19.0 Å². The van der Waals surface area contributed by atoms with Crippen molar-refractivity contribution in [2.24, 2.45) is 0 Å². The van der Waals surface area contributed by atoms with Gasteiger partial charge in [-0.3, -0.25) is 4.29 Å². The number of hydrogen-bond donors (Lipinski definition) is 0. The fourth-order valence-electron chi connectivity index (χ4n) is 6.79. The predicted molar refractivity (Wildman–Crippen MR) is 199 cm³/mol. The number of halogens is 1. The highest BCUT2D eigenvalue weighted by atomic mass is 35.5. The second kappa shape index (κ2) is 16.5. The molecular formula is C40H50ClN3O. The summed E-state index contributed by atoms with van der Waals surface area (Å²) in [5, 5.41) is 5.31. The van der Waals surface area contributed by atoms with Crippen molar-refractivity contribution < 1.29 is 4.29 Å². The van der Waals surface area contributed by atoms with Crippen LogP contribution in [0.15, 0.2) is 97.1 Å². The Morgan fingerprint density at radius 3 is 1.20 bits per heavy atom. The maximum atomic E-state index is 4.50. The summed E-state index contributed by atoms with van der Waals surface area (Å²) in [6, 6.07) is 36.8. The van der Waals surface area contributed by atoms with E-state index in [-0.39, 0.29) is 5.92 Å². The van der Waals surface area contributed by atoms with Gasteiger partial charge in [0, 0.05) is 73.0 Å². The van der Waals surface area contributed by atoms with Gasteiger partial charge in [-0.25, -0.2) is 0 Å². The van der Waals surface area contributed by atoms with E-state index < -0.39 is 0 Å². The Morgan fingerprint density at radius 2 is 0.844 bits per heavy atom. The Kier molecular flexibility index (Phi) is 12.6. The van der Waals surface area contributed by atoms with Crippen molar-refractivity contribution in [1.82, 2.24) is 0 Å². The van der Waals surface area contributed by atoms with Gasteiger partial charge < -0.3 is 14.7 Å². The summed E-state index contributed by atoms with van der Waals surface area (Å²) in [5.74, 6) is 0.0991. The molecule has 0 aliphatic carbocycles. The summed E-state index contributed by atoms with van der Waals surface area (Å²) in [6.07, 6.45) is 0. The molecule has 0 saturated carbocycles. The first-order valence-corrected chi connectivity index (χ1v) is 16.8. The van der Waals surface area contributed by atoms with Crippen LogP contribution in [-0.4, -0.2) is 46.4 Å². The number of benzene rings is 5. The molecule has 0 aliphatic heterocycles. The molecule has 5 aromatic rings. The first kappa shape index (κ1) is 34.1. The van der Waals surface area contributed by atoms with E-state index >= 15 is 0 Å². The highest BCUT2D eigenvalue weighted by molar-refractivity contribution is 6.07. The molecule has 0 heterocycles. The molecule has 238 valence electrons. The second-order valence-electron chi connectivity index (χ2n) is 11.1. The Morgan fingerprint density at radius 1 is 0.489 bits per heavy atom. The Hall–Kier alpha value is -3.73. The van der Waals surface area contributed by atoms with E-state index in [1.54, 1.807) is 0 Å². The van der Waals surface area contributed by atoms with Crippen LogP contribution in [0.1, 0.15) is 64.2 Å². The first-order valence-electron chi connectivity index (χ1n) is 16.5. The van der Waals surface area contributed by atoms with Crippen molar-refractivity contribution in [1.29, 1.82) is 0 Å². The zero-order valence-electron chi connectivity index (χ0n) is 28.2. The van der Waals surface area contributed by atoms with E-state index in [1.807, 2.05) is 0 Å². The maximum absolute atomic E-state index is 4.50. The van der Waals surface area contributed by atoms with Crippen molar-refractivity contribution in [3.63, 3.8) is 0 Å². The van der Waals surface area contributed by atoms with Crippen LogP contribution in [0.5, 0.6) is 0 Å². The van der Waals surface area contributed by atoms with Crippen LogP contribution in [0.4, 0.5) is 17.1 Å². The smallest absolute Gasteiger partial charge is 0.0606 e. The van der Waals surface area contributed by atoms with Crippen LogP contribution < -0.4 is 14.7 Å². The molecule has 4 nitrogen and oxygen atoms in total. The van der Waals surface area contributed by atoms with Crippen molar-refractivity contribution in [3.8, 4) is 0 Å². The quantitative estimate of drug-likeness (QED) is 0.129. The molecule has 5 aromatic carbocycles. The summed E-state index contributed by atoms with van der Waals surface area (Å²) >= 11 is 4.50. The minimum absolute atomic E-state index is 0.0991. The topological polar surface area (TPSA) is 19.0 Å². The van der Waals surface area contributed by atoms with Gasteiger partial charge in [-0.15, -0.1) is 0 Å². The van der Waals surface area contributed by atoms with Crippen LogP contribution in [0, 0.1) is 0 Å². The molecule has 0 aromatic heterocycles. The van der Waals surface area contributed by atoms with E-state index in [0.717, 1.165) is 39.3 Å². The Bertz CT molecular complexity index is 1540. The molecule has 0 atom stereocenters. The van der Waals surface area contributed by atoms with Crippen molar-refractivity contribution in [3.05, 3.63) is 114 Å². The molecular weight excluding hydrogens is 574 g/mol. The van der Waals surface area contributed by atoms with Crippen LogP contribution >= 0.6 is 11.9 Å². The van der Waals surface area contributed by atoms with Crippen LogP contribution in [0.2, 0.25) is 0 Å². The van der Waals surface area contributed by atoms with E-state index in [2.05, 4.69) is 169 Å². The van der Waals surface area contributed by atoms with Gasteiger partial charge in [0.1, 0.15) is 0 Å². The lowest BCUT2D eigenvalue weighted by molar-refractivity contribution is 0.463. The second-order valence-corrected chi connectivity index (χ2v) is 11.4. The van der Waals surface area contributed by atoms with Gasteiger partial charge in [0.2, 0.25) is 0 Å². The van der Waals surface area contributed by atoms with Crippen LogP contribution in [0.25, 0.3) is 21.5 Å². The summed E-state index contributed by atoms with van der Waals surface area (Å²) in [4.78, 5) is 7.35. The number of hydrogen-bond acceptors (Lipinski definition) is 4. The zero-order chi connectivity index (χ0) is 32.3. The zero-order valence-corrected chi connectivity index (χ0v) is 28.9. The molecule has 0 spiro atoms. The van der Waals surface area contributed by atoms with Gasteiger partial charge in [0.25, 0.3) is 0 Å². The molecule has 5 rings (SSSR count). The lowest BCUT2D eigenvalue weighted by atomic mass is 9.80. The molecule has 0 bridgehead atoms. The molecule has 0 saturated heterocycles. The van der Waals surface area contributed by atoms with Crippen molar-refractivity contribution >= 4 is 50.5 Å². The minimum Gasteiger partial charge on any atom is -0.372 e. The third-order valence-electron chi connectivity index (χ3n) is 9.05. The lowest BCUT2D eigenvalue weighted by Crippen LogP contribution is -2.22. The molecule has 0 unspecified atom stereocenters. The summed E-state index contributed by atoms with van der Waals surface area (Å²) < 4.78 is 3.72. The first-order chi connectivity index (χ1) is 22.0. The largest absolute Gasteiger partial charge is 0.372 e. The van der Waals surface area contributed by atoms with E-state index in [1.165, 1.54) is 62.4 Å². The Labute approximate surface area is 276 Å². The van der Waals surface area contributed by atoms with Crippen molar-refractivity contribution in [2.75, 3.05) is 61.1 Å². The molecule has 0 N–H and O–H groups in total. The molecule has 0 amide bonds. The minimum atomic E-state index is 0.0991. The molecule has 0 aliphatic rings. The standard InChI is InChI=1S/C39H47N3.CH3ClO/c1-7-40(8-2)30-23-21-29(22-24-30)39(35-25-27-37(41(9-3)10-4)33-19-15-13-17-31(33)35)36-26-28-38(42(11-5)12-6)34-20-16-14-18-32(34)36;1-3-2/h13-28,39H,7-12H2,1-6H3;1H3. The highest BCUT2D eigenvalue weighted by Crippen LogP contribution is 2.43. The third kappa shape index (κ3) is 7.24. The summed E-state index contributed by atoms with van der Waals surface area (Å²) in [6.45, 7) is 19.4. The normalized spacial score (nSPS) is 11.0. The predicted octanol–water partition coefficient (Wildman–Crippen LogP) is 10.5. The lowest BCUT2D eigenvalue weighted by Gasteiger charge is -2.29. The van der Waals surface area contributed by atoms with E-state index in [4.69, 9.17) is 0 Å². The average Bonchev–Trinajstić information content (AvgIpc) is 3.09. The average molecular weight is 624 g/mol. The Balaban J connectivity index is 0.00000148. The number of nitrogens with zero attached hydrogens (tertiary/aromatic N) is 3. The molecule has 0 fully saturated rings. The number of anilines is 3. The number of fused-ring (bicyclic) bond motifs is 2. The van der Waals surface area contributed by atoms with Crippen LogP contribution in [-0.2, 0) is 4.29 Å². The summed E-state index contributed by atoms with van der Waals surface area (Å²) in [7, 11) is 1.39. The van der Waals surface area contributed by atoms with Gasteiger partial charge in [-0.05, 0) is 93.3 Å². The van der Waals surface area contributed by atoms with Crippen LogP contribution in [0.3, 0.4) is 0 Å². The molecule has 5 heteroatoms. The SMILES string of the molecule is CCN(CC)c1ccc(C(c2ccc(N(CC)CC)c3ccccc23)c2ccc(N(CC)CC)c3ccccc23)cc1.COCl. The summed E-state index contributed by atoms with van der Waals surface area (Å²) in [5.41, 5.74) is 7.96.